The van der Waals surface area contributed by atoms with E-state index in [4.69, 9.17) is 4.74 Å². The second-order valence-corrected chi connectivity index (χ2v) is 8.07. The van der Waals surface area contributed by atoms with Gasteiger partial charge in [0.25, 0.3) is 11.7 Å². The number of ether oxygens (including phenoxy) is 1. The van der Waals surface area contributed by atoms with Crippen molar-refractivity contribution in [1.29, 1.82) is 0 Å². The van der Waals surface area contributed by atoms with Gasteiger partial charge in [0.2, 0.25) is 0 Å². The fourth-order valence-electron chi connectivity index (χ4n) is 4.12. The topological polar surface area (TPSA) is 70.1 Å². The molecule has 0 spiro atoms. The van der Waals surface area contributed by atoms with Gasteiger partial charge in [0, 0.05) is 25.1 Å². The lowest BCUT2D eigenvalue weighted by molar-refractivity contribution is -0.140. The SMILES string of the molecule is Cc1ccccc1C1/C(=C(\O)c2ccc3c(c2)CCO3)C(=O)C(=O)N1CCN(C)C. The molecule has 1 saturated heterocycles. The Morgan fingerprint density at radius 1 is 1.20 bits per heavy atom. The number of rotatable bonds is 5. The number of fused-ring (bicyclic) bond motifs is 1. The molecule has 2 aromatic rings. The van der Waals surface area contributed by atoms with Gasteiger partial charge in [-0.25, -0.2) is 0 Å². The molecule has 30 heavy (non-hydrogen) atoms. The molecule has 4 rings (SSSR count). The minimum Gasteiger partial charge on any atom is -0.507 e. The Balaban J connectivity index is 1.85. The lowest BCUT2D eigenvalue weighted by atomic mass is 9.92. The summed E-state index contributed by atoms with van der Waals surface area (Å²) in [6.45, 7) is 3.57. The maximum atomic E-state index is 13.1. The van der Waals surface area contributed by atoms with E-state index in [2.05, 4.69) is 0 Å². The van der Waals surface area contributed by atoms with E-state index in [1.165, 1.54) is 0 Å². The molecule has 6 nitrogen and oxygen atoms in total. The quantitative estimate of drug-likeness (QED) is 0.470. The molecule has 1 unspecified atom stereocenters. The average Bonchev–Trinajstić information content (AvgIpc) is 3.29. The van der Waals surface area contributed by atoms with Crippen LogP contribution in [0, 0.1) is 6.92 Å². The molecule has 1 N–H and O–H groups in total. The van der Waals surface area contributed by atoms with Crippen molar-refractivity contribution in [2.75, 3.05) is 33.8 Å². The predicted molar refractivity (Wildman–Crippen MR) is 114 cm³/mol. The van der Waals surface area contributed by atoms with Gasteiger partial charge >= 0.3 is 0 Å². The number of ketones is 1. The predicted octanol–water partition coefficient (Wildman–Crippen LogP) is 2.91. The molecule has 0 bridgehead atoms. The number of Topliss-reactive ketones (excluding diaryl/α,β-unsaturated/α-hetero) is 1. The lowest BCUT2D eigenvalue weighted by Gasteiger charge is -2.27. The van der Waals surface area contributed by atoms with Crippen molar-refractivity contribution in [3.63, 3.8) is 0 Å². The van der Waals surface area contributed by atoms with Gasteiger partial charge in [-0.2, -0.15) is 0 Å². The third-order valence-electron chi connectivity index (χ3n) is 5.77. The normalized spacial score (nSPS) is 20.0. The molecule has 2 aliphatic rings. The van der Waals surface area contributed by atoms with Crippen molar-refractivity contribution < 1.29 is 19.4 Å². The van der Waals surface area contributed by atoms with Crippen LogP contribution in [0.15, 0.2) is 48.0 Å². The van der Waals surface area contributed by atoms with Crippen molar-refractivity contribution in [2.45, 2.75) is 19.4 Å². The number of aliphatic hydroxyl groups is 1. The van der Waals surface area contributed by atoms with Crippen LogP contribution < -0.4 is 4.74 Å². The van der Waals surface area contributed by atoms with Gasteiger partial charge < -0.3 is 19.6 Å². The monoisotopic (exact) mass is 406 g/mol. The van der Waals surface area contributed by atoms with Crippen LogP contribution in [0.5, 0.6) is 5.75 Å². The average molecular weight is 406 g/mol. The molecule has 2 aliphatic heterocycles. The number of benzene rings is 2. The molecule has 0 aliphatic carbocycles. The fraction of sp³-hybridized carbons (Fsp3) is 0.333. The Hall–Kier alpha value is -3.12. The van der Waals surface area contributed by atoms with E-state index in [1.54, 1.807) is 11.0 Å². The van der Waals surface area contributed by atoms with E-state index in [-0.39, 0.29) is 11.3 Å². The van der Waals surface area contributed by atoms with Gasteiger partial charge in [0.1, 0.15) is 11.5 Å². The minimum absolute atomic E-state index is 0.136. The third-order valence-corrected chi connectivity index (χ3v) is 5.77. The van der Waals surface area contributed by atoms with Crippen LogP contribution in [0.2, 0.25) is 0 Å². The number of carbonyl (C=O) groups is 2. The van der Waals surface area contributed by atoms with E-state index in [0.29, 0.717) is 25.3 Å². The summed E-state index contributed by atoms with van der Waals surface area (Å²) in [7, 11) is 3.85. The van der Waals surface area contributed by atoms with Crippen LogP contribution in [-0.4, -0.2) is 60.4 Å². The second-order valence-electron chi connectivity index (χ2n) is 8.07. The van der Waals surface area contributed by atoms with Gasteiger partial charge in [0.15, 0.2) is 0 Å². The number of aryl methyl sites for hydroxylation is 1. The molecule has 2 heterocycles. The summed E-state index contributed by atoms with van der Waals surface area (Å²) in [4.78, 5) is 29.5. The first-order chi connectivity index (χ1) is 14.4. The summed E-state index contributed by atoms with van der Waals surface area (Å²) in [6, 6.07) is 12.5. The van der Waals surface area contributed by atoms with E-state index >= 15 is 0 Å². The highest BCUT2D eigenvalue weighted by molar-refractivity contribution is 6.46. The molecule has 0 radical (unpaired) electrons. The maximum absolute atomic E-state index is 13.1. The van der Waals surface area contributed by atoms with Gasteiger partial charge in [-0.3, -0.25) is 9.59 Å². The molecule has 2 aromatic carbocycles. The Morgan fingerprint density at radius 2 is 1.97 bits per heavy atom. The summed E-state index contributed by atoms with van der Waals surface area (Å²) in [5.74, 6) is -0.551. The van der Waals surface area contributed by atoms with Crippen LogP contribution in [0.25, 0.3) is 5.76 Å². The highest BCUT2D eigenvalue weighted by Crippen LogP contribution is 2.41. The summed E-state index contributed by atoms with van der Waals surface area (Å²) in [6.07, 6.45) is 0.759. The zero-order chi connectivity index (χ0) is 21.4. The van der Waals surface area contributed by atoms with E-state index < -0.39 is 17.7 Å². The fourth-order valence-corrected chi connectivity index (χ4v) is 4.12. The number of carbonyl (C=O) groups excluding carboxylic acids is 2. The third kappa shape index (κ3) is 3.48. The van der Waals surface area contributed by atoms with Crippen molar-refractivity contribution >= 4 is 17.4 Å². The van der Waals surface area contributed by atoms with Crippen LogP contribution in [-0.2, 0) is 16.0 Å². The van der Waals surface area contributed by atoms with Crippen LogP contribution in [0.3, 0.4) is 0 Å². The molecule has 1 fully saturated rings. The molecule has 0 aromatic heterocycles. The summed E-state index contributed by atoms with van der Waals surface area (Å²) < 4.78 is 5.54. The van der Waals surface area contributed by atoms with Gasteiger partial charge in [0.05, 0.1) is 18.2 Å². The number of nitrogens with zero attached hydrogens (tertiary/aromatic N) is 2. The molecule has 156 valence electrons. The van der Waals surface area contributed by atoms with Gasteiger partial charge in [-0.1, -0.05) is 24.3 Å². The largest absolute Gasteiger partial charge is 0.507 e. The van der Waals surface area contributed by atoms with E-state index in [1.807, 2.05) is 62.3 Å². The zero-order valence-electron chi connectivity index (χ0n) is 17.5. The second kappa shape index (κ2) is 7.95. The van der Waals surface area contributed by atoms with Gasteiger partial charge in [-0.05, 0) is 55.9 Å². The van der Waals surface area contributed by atoms with Crippen LogP contribution in [0.1, 0.15) is 28.3 Å². The minimum atomic E-state index is -0.642. The molecular weight excluding hydrogens is 380 g/mol. The maximum Gasteiger partial charge on any atom is 0.295 e. The number of likely N-dealkylation sites (tertiary alicyclic amines) is 1. The molecule has 1 amide bonds. The number of likely N-dealkylation sites (N-methyl/N-ethyl adjacent to an activating group) is 1. The number of hydrogen-bond donors (Lipinski definition) is 1. The Kier molecular flexibility index (Phi) is 5.35. The smallest absolute Gasteiger partial charge is 0.295 e. The first-order valence-electron chi connectivity index (χ1n) is 10.1. The van der Waals surface area contributed by atoms with Crippen molar-refractivity contribution in [1.82, 2.24) is 9.80 Å². The number of amides is 1. The highest BCUT2D eigenvalue weighted by Gasteiger charge is 2.46. The summed E-state index contributed by atoms with van der Waals surface area (Å²) in [5, 5.41) is 11.2. The van der Waals surface area contributed by atoms with Gasteiger partial charge in [-0.15, -0.1) is 0 Å². The first-order valence-corrected chi connectivity index (χ1v) is 10.1. The summed E-state index contributed by atoms with van der Waals surface area (Å²) in [5.41, 5.74) is 3.48. The first kappa shape index (κ1) is 20.2. The molecule has 6 heteroatoms. The Morgan fingerprint density at radius 3 is 2.70 bits per heavy atom. The molecular formula is C24H26N2O4. The highest BCUT2D eigenvalue weighted by atomic mass is 16.5. The Labute approximate surface area is 176 Å². The number of aliphatic hydroxyl groups excluding tert-OH is 1. The van der Waals surface area contributed by atoms with E-state index in [9.17, 15) is 14.7 Å². The lowest BCUT2D eigenvalue weighted by Crippen LogP contribution is -2.35. The van der Waals surface area contributed by atoms with Crippen molar-refractivity contribution in [2.24, 2.45) is 0 Å². The molecule has 0 saturated carbocycles. The summed E-state index contributed by atoms with van der Waals surface area (Å²) >= 11 is 0. The van der Waals surface area contributed by atoms with Crippen molar-refractivity contribution in [3.8, 4) is 5.75 Å². The van der Waals surface area contributed by atoms with Crippen LogP contribution >= 0.6 is 0 Å². The Bertz CT molecular complexity index is 1040. The molecule has 1 atom stereocenters. The standard InChI is InChI=1S/C24H26N2O4/c1-15-6-4-5-7-18(15)21-20(23(28)24(29)26(21)12-11-25(2)3)22(27)17-8-9-19-16(14-17)10-13-30-19/h4-9,14,21,27H,10-13H2,1-3H3/b22-20+. The van der Waals surface area contributed by atoms with Crippen molar-refractivity contribution in [3.05, 3.63) is 70.3 Å². The number of hydrogen-bond acceptors (Lipinski definition) is 5. The zero-order valence-corrected chi connectivity index (χ0v) is 17.5. The van der Waals surface area contributed by atoms with Crippen LogP contribution in [0.4, 0.5) is 0 Å². The van der Waals surface area contributed by atoms with E-state index in [0.717, 1.165) is 28.9 Å².